The number of benzene rings is 1. The third-order valence-electron chi connectivity index (χ3n) is 5.29. The van der Waals surface area contributed by atoms with Gasteiger partial charge in [0.15, 0.2) is 0 Å². The van der Waals surface area contributed by atoms with Gasteiger partial charge in [0, 0.05) is 32.4 Å². The molecule has 10 nitrogen and oxygen atoms in total. The molecule has 1 saturated heterocycles. The summed E-state index contributed by atoms with van der Waals surface area (Å²) in [5.74, 6) is -0.617. The predicted molar refractivity (Wildman–Crippen MR) is 114 cm³/mol. The maximum absolute atomic E-state index is 12.8. The van der Waals surface area contributed by atoms with Crippen molar-refractivity contribution in [2.75, 3.05) is 40.7 Å². The summed E-state index contributed by atoms with van der Waals surface area (Å²) in [7, 11) is -3.77. The van der Waals surface area contributed by atoms with E-state index in [1.54, 1.807) is 36.7 Å². The van der Waals surface area contributed by atoms with Crippen LogP contribution in [-0.4, -0.2) is 50.5 Å². The summed E-state index contributed by atoms with van der Waals surface area (Å²) in [5.41, 5.74) is 2.07. The molecule has 5 rings (SSSR count). The highest BCUT2D eigenvalue weighted by Gasteiger charge is 2.37. The number of rotatable bonds is 4. The second kappa shape index (κ2) is 7.67. The molecule has 0 saturated carbocycles. The molecule has 4 heterocycles. The second-order valence-electron chi connectivity index (χ2n) is 7.21. The molecule has 0 atom stereocenters. The van der Waals surface area contributed by atoms with Gasteiger partial charge in [-0.15, -0.1) is 0 Å². The zero-order chi connectivity index (χ0) is 21.4. The van der Waals surface area contributed by atoms with Crippen LogP contribution in [-0.2, 0) is 16.6 Å². The minimum absolute atomic E-state index is 0.0868. The molecule has 1 amide bonds. The highest BCUT2D eigenvalue weighted by Crippen LogP contribution is 2.34. The van der Waals surface area contributed by atoms with Crippen LogP contribution >= 0.6 is 0 Å². The molecule has 0 aliphatic carbocycles. The first-order valence-electron chi connectivity index (χ1n) is 9.81. The number of aromatic nitrogens is 2. The Morgan fingerprint density at radius 2 is 1.94 bits per heavy atom. The number of hydrogen-bond acceptors (Lipinski definition) is 8. The van der Waals surface area contributed by atoms with Crippen LogP contribution in [0.2, 0.25) is 0 Å². The third-order valence-corrected chi connectivity index (χ3v) is 7.11. The molecule has 160 valence electrons. The average Bonchev–Trinajstić information content (AvgIpc) is 3.38. The van der Waals surface area contributed by atoms with Crippen LogP contribution in [0.1, 0.15) is 16.1 Å². The predicted octanol–water partition coefficient (Wildman–Crippen LogP) is 1.44. The fourth-order valence-corrected chi connectivity index (χ4v) is 5.30. The SMILES string of the molecule is O=C(Nc1cnccc1N1CCNCC1)c1cnc(N2Cc3ccccc3S2(=O)=O)o1. The van der Waals surface area contributed by atoms with Crippen molar-refractivity contribution < 1.29 is 17.6 Å². The van der Waals surface area contributed by atoms with Crippen molar-refractivity contribution in [1.29, 1.82) is 0 Å². The third kappa shape index (κ3) is 3.51. The Kier molecular flexibility index (Phi) is 4.83. The summed E-state index contributed by atoms with van der Waals surface area (Å²) in [5, 5.41) is 6.09. The Bertz CT molecular complexity index is 1240. The van der Waals surface area contributed by atoms with E-state index in [4.69, 9.17) is 4.42 Å². The summed E-state index contributed by atoms with van der Waals surface area (Å²) < 4.78 is 32.2. The molecular weight excluding hydrogens is 420 g/mol. The van der Waals surface area contributed by atoms with Crippen LogP contribution in [0.5, 0.6) is 0 Å². The molecule has 0 bridgehead atoms. The Morgan fingerprint density at radius 3 is 2.74 bits per heavy atom. The van der Waals surface area contributed by atoms with Gasteiger partial charge in [-0.05, 0) is 17.7 Å². The number of fused-ring (bicyclic) bond motifs is 1. The smallest absolute Gasteiger partial charge is 0.312 e. The Labute approximate surface area is 178 Å². The van der Waals surface area contributed by atoms with E-state index in [9.17, 15) is 13.2 Å². The van der Waals surface area contributed by atoms with Gasteiger partial charge in [0.1, 0.15) is 0 Å². The zero-order valence-electron chi connectivity index (χ0n) is 16.5. The van der Waals surface area contributed by atoms with Gasteiger partial charge in [-0.25, -0.2) is 17.7 Å². The summed E-state index contributed by atoms with van der Waals surface area (Å²) in [6, 6.07) is 8.43. The van der Waals surface area contributed by atoms with Gasteiger partial charge in [0.2, 0.25) is 5.76 Å². The van der Waals surface area contributed by atoms with E-state index >= 15 is 0 Å². The normalized spacial score (nSPS) is 17.4. The number of carbonyl (C=O) groups is 1. The van der Waals surface area contributed by atoms with E-state index in [1.807, 2.05) is 6.07 Å². The van der Waals surface area contributed by atoms with Crippen LogP contribution in [0.25, 0.3) is 0 Å². The minimum Gasteiger partial charge on any atom is -0.417 e. The quantitative estimate of drug-likeness (QED) is 0.625. The van der Waals surface area contributed by atoms with Gasteiger partial charge >= 0.3 is 6.01 Å². The summed E-state index contributed by atoms with van der Waals surface area (Å²) in [6.45, 7) is 3.44. The fraction of sp³-hybridized carbons (Fsp3) is 0.250. The molecule has 0 radical (unpaired) electrons. The highest BCUT2D eigenvalue weighted by molar-refractivity contribution is 7.93. The number of nitrogens with one attached hydrogen (secondary N) is 2. The van der Waals surface area contributed by atoms with Crippen molar-refractivity contribution in [3.05, 3.63) is 60.2 Å². The summed E-state index contributed by atoms with van der Waals surface area (Å²) >= 11 is 0. The minimum atomic E-state index is -3.77. The van der Waals surface area contributed by atoms with E-state index in [0.29, 0.717) is 11.3 Å². The second-order valence-corrected chi connectivity index (χ2v) is 9.04. The first kappa shape index (κ1) is 19.5. The number of anilines is 3. The van der Waals surface area contributed by atoms with Gasteiger partial charge in [-0.2, -0.15) is 0 Å². The van der Waals surface area contributed by atoms with Crippen molar-refractivity contribution in [3.63, 3.8) is 0 Å². The number of oxazole rings is 1. The molecule has 1 fully saturated rings. The van der Waals surface area contributed by atoms with Crippen LogP contribution < -0.4 is 19.8 Å². The molecule has 0 unspecified atom stereocenters. The molecule has 2 aliphatic rings. The van der Waals surface area contributed by atoms with Crippen LogP contribution in [0, 0.1) is 0 Å². The lowest BCUT2D eigenvalue weighted by molar-refractivity contribution is 0.0997. The molecule has 2 aromatic heterocycles. The highest BCUT2D eigenvalue weighted by atomic mass is 32.2. The maximum atomic E-state index is 12.8. The van der Waals surface area contributed by atoms with Crippen molar-refractivity contribution in [2.45, 2.75) is 11.4 Å². The lowest BCUT2D eigenvalue weighted by atomic mass is 10.2. The van der Waals surface area contributed by atoms with Crippen molar-refractivity contribution >= 4 is 33.3 Å². The number of carbonyl (C=O) groups excluding carboxylic acids is 1. The van der Waals surface area contributed by atoms with Gasteiger partial charge in [0.05, 0.1) is 35.2 Å². The molecule has 1 aromatic carbocycles. The summed E-state index contributed by atoms with van der Waals surface area (Å²) in [6.07, 6.45) is 4.48. The molecule has 31 heavy (non-hydrogen) atoms. The van der Waals surface area contributed by atoms with Crippen LogP contribution in [0.3, 0.4) is 0 Å². The topological polar surface area (TPSA) is 121 Å². The molecule has 2 aliphatic heterocycles. The number of nitrogens with zero attached hydrogens (tertiary/aromatic N) is 4. The summed E-state index contributed by atoms with van der Waals surface area (Å²) in [4.78, 5) is 23.3. The fourth-order valence-electron chi connectivity index (χ4n) is 3.75. The lowest BCUT2D eigenvalue weighted by Gasteiger charge is -2.30. The first-order valence-corrected chi connectivity index (χ1v) is 11.3. The number of pyridine rings is 1. The standard InChI is InChI=1S/C20H20N6O4S/c27-19(24-15-11-22-6-5-16(15)25-9-7-21-8-10-25)17-12-23-20(30-17)26-13-14-3-1-2-4-18(14)31(26,28)29/h1-6,11-12,21H,7-10,13H2,(H,24,27). The van der Waals surface area contributed by atoms with Crippen molar-refractivity contribution in [2.24, 2.45) is 0 Å². The lowest BCUT2D eigenvalue weighted by Crippen LogP contribution is -2.43. The first-order chi connectivity index (χ1) is 15.0. The molecule has 2 N–H and O–H groups in total. The largest absolute Gasteiger partial charge is 0.417 e. The molecule has 11 heteroatoms. The van der Waals surface area contributed by atoms with Gasteiger partial charge in [-0.3, -0.25) is 9.78 Å². The van der Waals surface area contributed by atoms with Gasteiger partial charge in [-0.1, -0.05) is 18.2 Å². The van der Waals surface area contributed by atoms with E-state index in [0.717, 1.165) is 36.2 Å². The maximum Gasteiger partial charge on any atom is 0.312 e. The van der Waals surface area contributed by atoms with Crippen LogP contribution in [0.15, 0.2) is 58.2 Å². The molecule has 3 aromatic rings. The van der Waals surface area contributed by atoms with Gasteiger partial charge < -0.3 is 20.0 Å². The van der Waals surface area contributed by atoms with E-state index in [1.165, 1.54) is 6.20 Å². The van der Waals surface area contributed by atoms with E-state index in [2.05, 4.69) is 25.5 Å². The van der Waals surface area contributed by atoms with Crippen LogP contribution in [0.4, 0.5) is 17.4 Å². The zero-order valence-corrected chi connectivity index (χ0v) is 17.3. The number of hydrogen-bond donors (Lipinski definition) is 2. The van der Waals surface area contributed by atoms with E-state index < -0.39 is 15.9 Å². The number of amides is 1. The monoisotopic (exact) mass is 440 g/mol. The molecular formula is C20H20N6O4S. The van der Waals surface area contributed by atoms with E-state index in [-0.39, 0.29) is 23.2 Å². The van der Waals surface area contributed by atoms with Crippen molar-refractivity contribution in [1.82, 2.24) is 15.3 Å². The molecule has 0 spiro atoms. The van der Waals surface area contributed by atoms with Crippen molar-refractivity contribution in [3.8, 4) is 0 Å². The Hall–Kier alpha value is -3.44. The Balaban J connectivity index is 1.36. The number of sulfonamides is 1. The average molecular weight is 440 g/mol. The Morgan fingerprint density at radius 1 is 1.13 bits per heavy atom. The number of piperazine rings is 1. The van der Waals surface area contributed by atoms with Gasteiger partial charge in [0.25, 0.3) is 15.9 Å².